The molecule has 0 saturated carbocycles. The second-order valence-corrected chi connectivity index (χ2v) is 12.2. The third-order valence-electron chi connectivity index (χ3n) is 9.28. The van der Waals surface area contributed by atoms with Crippen LogP contribution in [0.25, 0.3) is 0 Å². The number of β-amino-alcohol motifs (C(OH)–C–C–N with tert-alkyl or cyclic N) is 1. The number of aliphatic hydroxyl groups is 1. The molecule has 0 aromatic heterocycles. The monoisotopic (exact) mass is 609 g/mol. The Bertz CT molecular complexity index is 1220. The van der Waals surface area contributed by atoms with E-state index in [1.807, 2.05) is 44.2 Å². The van der Waals surface area contributed by atoms with E-state index in [0.717, 1.165) is 12.8 Å². The molecule has 1 aromatic carbocycles. The molecule has 8 atom stereocenters. The minimum Gasteiger partial charge on any atom is -0.455 e. The highest BCUT2D eigenvalue weighted by Gasteiger charge is 2.75. The number of allylic oxidation sites excluding steroid dienone is 1. The second-order valence-electron chi connectivity index (χ2n) is 12.2. The van der Waals surface area contributed by atoms with Crippen molar-refractivity contribution in [2.75, 3.05) is 19.7 Å². The van der Waals surface area contributed by atoms with Gasteiger partial charge in [-0.3, -0.25) is 19.2 Å². The molecular weight excluding hydrogens is 562 g/mol. The van der Waals surface area contributed by atoms with Crippen molar-refractivity contribution in [3.63, 3.8) is 0 Å². The van der Waals surface area contributed by atoms with Crippen LogP contribution in [-0.2, 0) is 28.7 Å². The third kappa shape index (κ3) is 6.33. The quantitative estimate of drug-likeness (QED) is 0.218. The van der Waals surface area contributed by atoms with Crippen LogP contribution in [0.1, 0.15) is 71.0 Å². The van der Waals surface area contributed by atoms with Gasteiger partial charge < -0.3 is 29.7 Å². The summed E-state index contributed by atoms with van der Waals surface area (Å²) in [4.78, 5) is 58.1. The van der Waals surface area contributed by atoms with Gasteiger partial charge in [0.2, 0.25) is 17.7 Å². The van der Waals surface area contributed by atoms with Crippen LogP contribution in [-0.4, -0.2) is 88.1 Å². The first-order chi connectivity index (χ1) is 21.1. The highest BCUT2D eigenvalue weighted by Crippen LogP contribution is 2.59. The lowest BCUT2D eigenvalue weighted by Crippen LogP contribution is -2.58. The van der Waals surface area contributed by atoms with E-state index >= 15 is 0 Å². The Labute approximate surface area is 260 Å². The highest BCUT2D eigenvalue weighted by molar-refractivity contribution is 5.98. The van der Waals surface area contributed by atoms with Gasteiger partial charge in [0.15, 0.2) is 0 Å². The van der Waals surface area contributed by atoms with Gasteiger partial charge in [0.1, 0.15) is 17.7 Å². The van der Waals surface area contributed by atoms with Gasteiger partial charge in [0.05, 0.1) is 30.6 Å². The minimum absolute atomic E-state index is 0.0478. The van der Waals surface area contributed by atoms with Gasteiger partial charge in [-0.15, -0.1) is 13.2 Å². The fourth-order valence-electron chi connectivity index (χ4n) is 7.35. The van der Waals surface area contributed by atoms with E-state index in [1.54, 1.807) is 24.0 Å². The van der Waals surface area contributed by atoms with Crippen molar-refractivity contribution in [2.45, 2.75) is 95.2 Å². The maximum Gasteiger partial charge on any atom is 0.313 e. The van der Waals surface area contributed by atoms with E-state index in [9.17, 15) is 24.3 Å². The van der Waals surface area contributed by atoms with Gasteiger partial charge in [-0.2, -0.15) is 0 Å². The molecule has 1 aromatic rings. The predicted molar refractivity (Wildman–Crippen MR) is 165 cm³/mol. The summed E-state index contributed by atoms with van der Waals surface area (Å²) in [7, 11) is 0. The first-order valence-electron chi connectivity index (χ1n) is 15.8. The maximum atomic E-state index is 14.3. The molecule has 1 unspecified atom stereocenters. The van der Waals surface area contributed by atoms with Gasteiger partial charge in [0, 0.05) is 25.6 Å². The average molecular weight is 610 g/mol. The Morgan fingerprint density at radius 3 is 2.59 bits per heavy atom. The van der Waals surface area contributed by atoms with Crippen molar-refractivity contribution in [1.29, 1.82) is 0 Å². The molecule has 3 fully saturated rings. The molecule has 0 radical (unpaired) electrons. The zero-order valence-electron chi connectivity index (χ0n) is 26.2. The summed E-state index contributed by atoms with van der Waals surface area (Å²) in [6.45, 7) is 13.2. The molecule has 44 heavy (non-hydrogen) atoms. The number of hydrogen-bond acceptors (Lipinski definition) is 7. The maximum absolute atomic E-state index is 14.3. The molecule has 10 nitrogen and oxygen atoms in total. The van der Waals surface area contributed by atoms with Gasteiger partial charge in [-0.25, -0.2) is 0 Å². The molecule has 3 aliphatic rings. The van der Waals surface area contributed by atoms with Crippen LogP contribution in [0.2, 0.25) is 0 Å². The lowest BCUT2D eigenvalue weighted by molar-refractivity contribution is -0.162. The molecule has 3 aliphatic heterocycles. The van der Waals surface area contributed by atoms with Crippen LogP contribution >= 0.6 is 0 Å². The minimum atomic E-state index is -1.20. The van der Waals surface area contributed by atoms with Crippen LogP contribution in [0.4, 0.5) is 0 Å². The van der Waals surface area contributed by atoms with Crippen molar-refractivity contribution in [1.82, 2.24) is 15.1 Å². The lowest BCUT2D eigenvalue weighted by atomic mass is 9.70. The Morgan fingerprint density at radius 2 is 1.95 bits per heavy atom. The number of carbonyl (C=O) groups excluding carboxylic acids is 4. The smallest absolute Gasteiger partial charge is 0.313 e. The van der Waals surface area contributed by atoms with E-state index in [1.165, 1.54) is 4.90 Å². The molecule has 240 valence electrons. The van der Waals surface area contributed by atoms with Crippen LogP contribution in [0.5, 0.6) is 0 Å². The normalized spacial score (nSPS) is 27.3. The van der Waals surface area contributed by atoms with Crippen LogP contribution in [0.3, 0.4) is 0 Å². The summed E-state index contributed by atoms with van der Waals surface area (Å²) < 4.78 is 12.7. The first-order valence-corrected chi connectivity index (χ1v) is 15.8. The van der Waals surface area contributed by atoms with Gasteiger partial charge in [-0.1, -0.05) is 55.8 Å². The summed E-state index contributed by atoms with van der Waals surface area (Å²) in [6.07, 6.45) is 5.31. The largest absolute Gasteiger partial charge is 0.455 e. The Morgan fingerprint density at radius 1 is 1.23 bits per heavy atom. The summed E-state index contributed by atoms with van der Waals surface area (Å²) in [5.41, 5.74) is -0.496. The fourth-order valence-corrected chi connectivity index (χ4v) is 7.35. The molecule has 0 aliphatic carbocycles. The van der Waals surface area contributed by atoms with Crippen molar-refractivity contribution in [3.05, 3.63) is 61.2 Å². The van der Waals surface area contributed by atoms with Gasteiger partial charge in [0.25, 0.3) is 0 Å². The zero-order valence-corrected chi connectivity index (χ0v) is 26.2. The van der Waals surface area contributed by atoms with E-state index in [4.69, 9.17) is 9.47 Å². The molecule has 10 heteroatoms. The average Bonchev–Trinajstić information content (AvgIpc) is 3.65. The summed E-state index contributed by atoms with van der Waals surface area (Å²) >= 11 is 0. The molecule has 3 amide bonds. The molecule has 2 bridgehead atoms. The van der Waals surface area contributed by atoms with Crippen molar-refractivity contribution < 1.29 is 33.8 Å². The number of amides is 3. The number of likely N-dealkylation sites (tertiary alicyclic amines) is 1. The number of nitrogens with zero attached hydrogens (tertiary/aromatic N) is 2. The number of ether oxygens (including phenoxy) is 2. The second kappa shape index (κ2) is 14.5. The van der Waals surface area contributed by atoms with Crippen LogP contribution < -0.4 is 5.32 Å². The number of benzene rings is 1. The van der Waals surface area contributed by atoms with E-state index in [2.05, 4.69) is 18.5 Å². The van der Waals surface area contributed by atoms with Crippen LogP contribution in [0.15, 0.2) is 55.6 Å². The van der Waals surface area contributed by atoms with E-state index < -0.39 is 47.7 Å². The van der Waals surface area contributed by atoms with Crippen molar-refractivity contribution in [3.8, 4) is 0 Å². The predicted octanol–water partition coefficient (Wildman–Crippen LogP) is 3.31. The molecule has 3 heterocycles. The SMILES string of the molecule is C=CCCC(=O)N[C@@H](C)[C@H](OC(=O)[C@@H]1[C@@H]2CC[C@]3(O2)[C@H](C(=O)N(CC=C)C(C)CCC)N(CCO)C(=O)[C@@H]13)c1ccccc1. The van der Waals surface area contributed by atoms with Crippen LogP contribution in [0, 0.1) is 11.8 Å². The van der Waals surface area contributed by atoms with Gasteiger partial charge >= 0.3 is 5.97 Å². The number of nitrogens with one attached hydrogen (secondary N) is 1. The Kier molecular flexibility index (Phi) is 11.0. The summed E-state index contributed by atoms with van der Waals surface area (Å²) in [6, 6.07) is 7.54. The molecule has 4 rings (SSSR count). The molecular formula is C34H47N3O7. The number of hydrogen-bond donors (Lipinski definition) is 2. The van der Waals surface area contributed by atoms with Gasteiger partial charge in [-0.05, 0) is 45.1 Å². The van der Waals surface area contributed by atoms with E-state index in [-0.39, 0.29) is 43.3 Å². The highest BCUT2D eigenvalue weighted by atomic mass is 16.6. The first kappa shape index (κ1) is 33.4. The number of carbonyl (C=O) groups is 4. The molecule has 2 N–H and O–H groups in total. The Balaban J connectivity index is 1.64. The zero-order chi connectivity index (χ0) is 32.0. The third-order valence-corrected chi connectivity index (χ3v) is 9.28. The number of rotatable bonds is 16. The topological polar surface area (TPSA) is 125 Å². The standard InChI is InChI=1S/C34H47N3O7/c1-6-9-16-26(39)35-23(5)29(24-14-11-10-12-15-24)43-33(42)27-25-17-18-34(44-25)28(27)31(40)37(20-21-38)30(34)32(41)36(19-8-3)22(4)13-7-2/h6,8,10-12,14-15,22-23,25,27-30,38H,1,3,7,9,13,16-21H2,2,4-5H3,(H,35,39)/t22?,23-,25-,27+,28+,29-,30-,34+/m0/s1. The van der Waals surface area contributed by atoms with Crippen molar-refractivity contribution in [2.24, 2.45) is 11.8 Å². The number of esters is 1. The summed E-state index contributed by atoms with van der Waals surface area (Å²) in [5, 5.41) is 12.8. The summed E-state index contributed by atoms with van der Waals surface area (Å²) in [5.74, 6) is -3.28. The van der Waals surface area contributed by atoms with Crippen molar-refractivity contribution >= 4 is 23.7 Å². The fraction of sp³-hybridized carbons (Fsp3) is 0.588. The number of fused-ring (bicyclic) bond motifs is 1. The van der Waals surface area contributed by atoms with E-state index in [0.29, 0.717) is 31.4 Å². The Hall–Kier alpha value is -3.50. The molecule has 1 spiro atoms. The number of aliphatic hydroxyl groups excluding tert-OH is 1. The molecule has 3 saturated heterocycles. The lowest BCUT2D eigenvalue weighted by Gasteiger charge is -2.38.